The van der Waals surface area contributed by atoms with Crippen LogP contribution >= 0.6 is 0 Å². The first-order valence-corrected chi connectivity index (χ1v) is 8.42. The second kappa shape index (κ2) is 7.51. The number of hydrogen-bond acceptors (Lipinski definition) is 6. The molecule has 9 heteroatoms. The quantitative estimate of drug-likeness (QED) is 0.870. The van der Waals surface area contributed by atoms with Gasteiger partial charge in [0.1, 0.15) is 11.3 Å². The molecule has 1 aromatic heterocycles. The van der Waals surface area contributed by atoms with Crippen LogP contribution in [0.5, 0.6) is 0 Å². The predicted molar refractivity (Wildman–Crippen MR) is 83.0 cm³/mol. The maximum Gasteiger partial charge on any atom is 0.442 e. The van der Waals surface area contributed by atoms with E-state index in [1.54, 1.807) is 20.8 Å². The minimum atomic E-state index is -3.17. The van der Waals surface area contributed by atoms with Crippen LogP contribution in [0.4, 0.5) is 4.79 Å². The summed E-state index contributed by atoms with van der Waals surface area (Å²) in [4.78, 5) is 26.5. The van der Waals surface area contributed by atoms with E-state index < -0.39 is 27.4 Å². The maximum atomic E-state index is 13.0. The van der Waals surface area contributed by atoms with E-state index in [0.29, 0.717) is 0 Å². The molecule has 0 aliphatic heterocycles. The molecule has 0 aromatic carbocycles. The van der Waals surface area contributed by atoms with Crippen LogP contribution < -0.4 is 0 Å². The van der Waals surface area contributed by atoms with Gasteiger partial charge in [-0.15, -0.1) is 4.36 Å². The fourth-order valence-corrected chi connectivity index (χ4v) is 3.11. The van der Waals surface area contributed by atoms with Gasteiger partial charge in [0, 0.05) is 13.3 Å². The minimum absolute atomic E-state index is 0.0448. The second-order valence-electron chi connectivity index (χ2n) is 5.59. The third-order valence-electron chi connectivity index (χ3n) is 2.50. The molecule has 8 nitrogen and oxygen atoms in total. The van der Waals surface area contributed by atoms with E-state index in [-0.39, 0.29) is 22.9 Å². The molecular weight excluding hydrogens is 324 g/mol. The van der Waals surface area contributed by atoms with Crippen LogP contribution in [-0.2, 0) is 19.2 Å². The summed E-state index contributed by atoms with van der Waals surface area (Å²) in [5.74, 6) is -1.25. The molecule has 1 rings (SSSR count). The summed E-state index contributed by atoms with van der Waals surface area (Å²) in [6, 6.07) is 2.52. The van der Waals surface area contributed by atoms with Gasteiger partial charge in [-0.3, -0.25) is 0 Å². The molecule has 1 unspecified atom stereocenters. The summed E-state index contributed by atoms with van der Waals surface area (Å²) in [5, 5.41) is 8.84. The molecule has 0 radical (unpaired) electrons. The summed E-state index contributed by atoms with van der Waals surface area (Å²) < 4.78 is 26.6. The molecule has 0 bridgehead atoms. The number of carboxylic acids is 1. The van der Waals surface area contributed by atoms with Crippen LogP contribution in [0, 0.1) is 0 Å². The number of aromatic nitrogens is 1. The molecule has 0 saturated heterocycles. The van der Waals surface area contributed by atoms with Gasteiger partial charge < -0.3 is 14.6 Å². The molecule has 1 atom stereocenters. The normalized spacial score (nSPS) is 13.9. The Hall–Kier alpha value is -2.00. The fraction of sp³-hybridized carbons (Fsp3) is 0.500. The summed E-state index contributed by atoms with van der Waals surface area (Å²) in [5.41, 5.74) is -0.965. The molecular formula is C14H20N2O6S. The van der Waals surface area contributed by atoms with E-state index >= 15 is 0 Å². The second-order valence-corrected chi connectivity index (χ2v) is 7.94. The van der Waals surface area contributed by atoms with Crippen molar-refractivity contribution in [3.05, 3.63) is 24.0 Å². The Bertz CT molecular complexity index is 684. The minimum Gasteiger partial charge on any atom is -0.477 e. The van der Waals surface area contributed by atoms with Gasteiger partial charge in [-0.25, -0.2) is 18.8 Å². The number of aromatic carboxylic acids is 1. The van der Waals surface area contributed by atoms with Crippen molar-refractivity contribution < 1.29 is 28.4 Å². The zero-order valence-electron chi connectivity index (χ0n) is 13.4. The molecule has 1 heterocycles. The monoisotopic (exact) mass is 344 g/mol. The Morgan fingerprint density at radius 2 is 2.00 bits per heavy atom. The SMILES string of the molecule is COCCS(=O)(=NC(=O)OC(C)(C)C)c1ccc(C(=O)O)nc1. The van der Waals surface area contributed by atoms with E-state index in [1.807, 2.05) is 0 Å². The number of amides is 1. The molecule has 1 aromatic rings. The first-order chi connectivity index (χ1) is 10.6. The number of methoxy groups -OCH3 is 1. The van der Waals surface area contributed by atoms with Crippen molar-refractivity contribution in [3.63, 3.8) is 0 Å². The Morgan fingerprint density at radius 1 is 1.35 bits per heavy atom. The zero-order valence-corrected chi connectivity index (χ0v) is 14.3. The first kappa shape index (κ1) is 19.0. The molecule has 0 fully saturated rings. The Balaban J connectivity index is 3.23. The predicted octanol–water partition coefficient (Wildman–Crippen LogP) is 2.19. The van der Waals surface area contributed by atoms with Gasteiger partial charge >= 0.3 is 12.1 Å². The molecule has 1 N–H and O–H groups in total. The average molecular weight is 344 g/mol. The highest BCUT2D eigenvalue weighted by Crippen LogP contribution is 2.16. The number of hydrogen-bond donors (Lipinski definition) is 1. The third kappa shape index (κ3) is 5.95. The fourth-order valence-electron chi connectivity index (χ4n) is 1.51. The highest BCUT2D eigenvalue weighted by Gasteiger charge is 2.21. The van der Waals surface area contributed by atoms with Crippen LogP contribution in [-0.4, -0.2) is 51.4 Å². The molecule has 0 saturated carbocycles. The van der Waals surface area contributed by atoms with Crippen LogP contribution in [0.3, 0.4) is 0 Å². The Kier molecular flexibility index (Phi) is 6.22. The largest absolute Gasteiger partial charge is 0.477 e. The summed E-state index contributed by atoms with van der Waals surface area (Å²) in [7, 11) is -1.74. The van der Waals surface area contributed by atoms with Crippen molar-refractivity contribution in [2.75, 3.05) is 19.5 Å². The molecule has 0 aliphatic carbocycles. The van der Waals surface area contributed by atoms with Crippen molar-refractivity contribution in [2.24, 2.45) is 4.36 Å². The number of nitrogens with zero attached hydrogens (tertiary/aromatic N) is 2. The first-order valence-electron chi connectivity index (χ1n) is 6.73. The van der Waals surface area contributed by atoms with Gasteiger partial charge in [0.25, 0.3) is 0 Å². The van der Waals surface area contributed by atoms with Gasteiger partial charge in [-0.1, -0.05) is 0 Å². The van der Waals surface area contributed by atoms with Crippen molar-refractivity contribution in [1.29, 1.82) is 0 Å². The third-order valence-corrected chi connectivity index (χ3v) is 4.65. The molecule has 0 spiro atoms. The van der Waals surface area contributed by atoms with Gasteiger partial charge in [-0.05, 0) is 32.9 Å². The summed E-state index contributed by atoms with van der Waals surface area (Å²) >= 11 is 0. The van der Waals surface area contributed by atoms with Gasteiger partial charge in [0.15, 0.2) is 0 Å². The number of pyridine rings is 1. The van der Waals surface area contributed by atoms with Crippen molar-refractivity contribution in [1.82, 2.24) is 4.98 Å². The van der Waals surface area contributed by atoms with Crippen molar-refractivity contribution in [2.45, 2.75) is 31.3 Å². The lowest BCUT2D eigenvalue weighted by molar-refractivity contribution is 0.0605. The van der Waals surface area contributed by atoms with Crippen LogP contribution in [0.15, 0.2) is 27.6 Å². The average Bonchev–Trinajstić information content (AvgIpc) is 2.43. The smallest absolute Gasteiger partial charge is 0.442 e. The molecule has 1 amide bonds. The van der Waals surface area contributed by atoms with Crippen molar-refractivity contribution >= 4 is 21.8 Å². The number of rotatable bonds is 5. The lowest BCUT2D eigenvalue weighted by atomic mass is 10.2. The van der Waals surface area contributed by atoms with Crippen LogP contribution in [0.1, 0.15) is 31.3 Å². The number of carbonyl (C=O) groups excluding carboxylic acids is 1. The van der Waals surface area contributed by atoms with E-state index in [2.05, 4.69) is 9.35 Å². The number of carboxylic acid groups (broad SMARTS) is 1. The molecule has 128 valence electrons. The highest BCUT2D eigenvalue weighted by molar-refractivity contribution is 7.94. The van der Waals surface area contributed by atoms with E-state index in [4.69, 9.17) is 14.6 Å². The molecule has 0 aliphatic rings. The Labute approximate surface area is 135 Å². The lowest BCUT2D eigenvalue weighted by Gasteiger charge is -2.18. The van der Waals surface area contributed by atoms with Gasteiger partial charge in [-0.2, -0.15) is 0 Å². The van der Waals surface area contributed by atoms with Crippen molar-refractivity contribution in [3.8, 4) is 0 Å². The topological polar surface area (TPSA) is 115 Å². The number of carbonyl (C=O) groups is 2. The molecule has 23 heavy (non-hydrogen) atoms. The van der Waals surface area contributed by atoms with E-state index in [9.17, 15) is 13.8 Å². The zero-order chi connectivity index (χ0) is 17.7. The van der Waals surface area contributed by atoms with Gasteiger partial charge in [0.2, 0.25) is 0 Å². The number of ether oxygens (including phenoxy) is 2. The Morgan fingerprint density at radius 3 is 2.43 bits per heavy atom. The standard InChI is InChI=1S/C14H20N2O6S/c1-14(2,3)22-13(19)16-23(20,8-7-21-4)10-5-6-11(12(17)18)15-9-10/h5-6,9H,7-8H2,1-4H3,(H,17,18). The lowest BCUT2D eigenvalue weighted by Crippen LogP contribution is -2.23. The van der Waals surface area contributed by atoms with E-state index in [0.717, 1.165) is 6.20 Å². The van der Waals surface area contributed by atoms with Crippen LogP contribution in [0.2, 0.25) is 0 Å². The maximum absolute atomic E-state index is 13.0. The van der Waals surface area contributed by atoms with E-state index in [1.165, 1.54) is 19.2 Å². The highest BCUT2D eigenvalue weighted by atomic mass is 32.2. The summed E-state index contributed by atoms with van der Waals surface area (Å²) in [6.07, 6.45) is 0.177. The van der Waals surface area contributed by atoms with Crippen LogP contribution in [0.25, 0.3) is 0 Å². The summed E-state index contributed by atoms with van der Waals surface area (Å²) in [6.45, 7) is 5.10. The van der Waals surface area contributed by atoms with Gasteiger partial charge in [0.05, 0.1) is 27.0 Å².